The van der Waals surface area contributed by atoms with Gasteiger partial charge in [-0.3, -0.25) is 0 Å². The Kier molecular flexibility index (Phi) is 4.48. The molecule has 2 heterocycles. The van der Waals surface area contributed by atoms with E-state index in [1.807, 2.05) is 6.92 Å². The van der Waals surface area contributed by atoms with Gasteiger partial charge in [-0.15, -0.1) is 11.3 Å². The number of sulfonamides is 1. The highest BCUT2D eigenvalue weighted by atomic mass is 32.2. The summed E-state index contributed by atoms with van der Waals surface area (Å²) >= 11 is 0.777. The number of rotatable bonds is 5. The van der Waals surface area contributed by atoms with Gasteiger partial charge in [-0.05, 0) is 31.9 Å². The molecule has 1 fully saturated rings. The maximum absolute atomic E-state index is 12.1. The number of carboxylic acids is 1. The van der Waals surface area contributed by atoms with Crippen LogP contribution in [0.5, 0.6) is 0 Å². The average Bonchev–Trinajstić information content (AvgIpc) is 2.93. The van der Waals surface area contributed by atoms with Crippen LogP contribution in [0, 0.1) is 12.8 Å². The lowest BCUT2D eigenvalue weighted by Gasteiger charge is -2.14. The zero-order chi connectivity index (χ0) is 14.9. The van der Waals surface area contributed by atoms with Gasteiger partial charge < -0.3 is 9.84 Å². The van der Waals surface area contributed by atoms with E-state index in [4.69, 9.17) is 9.84 Å². The van der Waals surface area contributed by atoms with E-state index in [2.05, 4.69) is 4.72 Å². The lowest BCUT2D eigenvalue weighted by atomic mass is 10.0. The second kappa shape index (κ2) is 5.80. The first-order valence-corrected chi connectivity index (χ1v) is 8.56. The molecule has 20 heavy (non-hydrogen) atoms. The van der Waals surface area contributed by atoms with Crippen molar-refractivity contribution in [1.82, 2.24) is 4.72 Å². The molecule has 6 nitrogen and oxygen atoms in total. The van der Waals surface area contributed by atoms with E-state index in [1.165, 1.54) is 6.07 Å². The fraction of sp³-hybridized carbons (Fsp3) is 0.583. The summed E-state index contributed by atoms with van der Waals surface area (Å²) in [6, 6.07) is 1.39. The number of aromatic carboxylic acids is 1. The van der Waals surface area contributed by atoms with E-state index in [0.717, 1.165) is 17.8 Å². The van der Waals surface area contributed by atoms with Gasteiger partial charge in [-0.2, -0.15) is 0 Å². The third kappa shape index (κ3) is 3.20. The predicted molar refractivity (Wildman–Crippen MR) is 74.7 cm³/mol. The van der Waals surface area contributed by atoms with Gasteiger partial charge in [0.15, 0.2) is 0 Å². The standard InChI is InChI=1S/C12H17NO5S2/c1-7-5-10(19-11(7)12(14)15)20(16,17)13-6-9-3-4-18-8(9)2/h5,8-9,13H,3-4,6H2,1-2H3,(H,14,15). The van der Waals surface area contributed by atoms with Crippen molar-refractivity contribution in [2.24, 2.45) is 5.92 Å². The molecular formula is C12H17NO5S2. The van der Waals surface area contributed by atoms with Crippen LogP contribution in [0.1, 0.15) is 28.6 Å². The normalized spacial score (nSPS) is 23.1. The van der Waals surface area contributed by atoms with Crippen LogP contribution in [0.15, 0.2) is 10.3 Å². The maximum atomic E-state index is 12.1. The van der Waals surface area contributed by atoms with Gasteiger partial charge >= 0.3 is 5.97 Å². The number of thiophene rings is 1. The number of carboxylic acid groups (broad SMARTS) is 1. The van der Waals surface area contributed by atoms with Crippen LogP contribution in [0.25, 0.3) is 0 Å². The summed E-state index contributed by atoms with van der Waals surface area (Å²) in [7, 11) is -3.66. The molecule has 1 aliphatic rings. The van der Waals surface area contributed by atoms with Crippen molar-refractivity contribution < 1.29 is 23.1 Å². The smallest absolute Gasteiger partial charge is 0.346 e. The summed E-state index contributed by atoms with van der Waals surface area (Å²) in [4.78, 5) is 11.0. The van der Waals surface area contributed by atoms with E-state index in [-0.39, 0.29) is 21.1 Å². The molecule has 1 aromatic heterocycles. The predicted octanol–water partition coefficient (Wildman–Crippen LogP) is 1.46. The Bertz CT molecular complexity index is 607. The van der Waals surface area contributed by atoms with Crippen LogP contribution < -0.4 is 4.72 Å². The van der Waals surface area contributed by atoms with E-state index in [1.54, 1.807) is 6.92 Å². The molecule has 2 atom stereocenters. The Morgan fingerprint density at radius 1 is 1.60 bits per heavy atom. The first-order chi connectivity index (χ1) is 9.31. The van der Waals surface area contributed by atoms with Gasteiger partial charge in [0.1, 0.15) is 9.09 Å². The fourth-order valence-corrected chi connectivity index (χ4v) is 4.65. The minimum absolute atomic E-state index is 0.0392. The van der Waals surface area contributed by atoms with Crippen LogP contribution in [0.3, 0.4) is 0 Å². The van der Waals surface area contributed by atoms with Crippen molar-refractivity contribution in [3.63, 3.8) is 0 Å². The number of aryl methyl sites for hydroxylation is 1. The Morgan fingerprint density at radius 3 is 2.80 bits per heavy atom. The Labute approximate surface area is 121 Å². The largest absolute Gasteiger partial charge is 0.477 e. The quantitative estimate of drug-likeness (QED) is 0.857. The highest BCUT2D eigenvalue weighted by Gasteiger charge is 2.27. The van der Waals surface area contributed by atoms with E-state index >= 15 is 0 Å². The lowest BCUT2D eigenvalue weighted by molar-refractivity contribution is 0.0701. The van der Waals surface area contributed by atoms with Crippen LogP contribution in [-0.2, 0) is 14.8 Å². The van der Waals surface area contributed by atoms with Crippen molar-refractivity contribution >= 4 is 27.3 Å². The summed E-state index contributed by atoms with van der Waals surface area (Å²) in [5, 5.41) is 8.96. The fourth-order valence-electron chi connectivity index (χ4n) is 2.13. The molecule has 0 radical (unpaired) electrons. The molecule has 0 spiro atoms. The van der Waals surface area contributed by atoms with Gasteiger partial charge in [-0.25, -0.2) is 17.9 Å². The molecule has 0 aliphatic carbocycles. The number of hydrogen-bond acceptors (Lipinski definition) is 5. The SMILES string of the molecule is Cc1cc(S(=O)(=O)NCC2CCOC2C)sc1C(=O)O. The monoisotopic (exact) mass is 319 g/mol. The summed E-state index contributed by atoms with van der Waals surface area (Å²) in [6.45, 7) is 4.47. The third-order valence-electron chi connectivity index (χ3n) is 3.42. The van der Waals surface area contributed by atoms with Crippen LogP contribution in [-0.4, -0.2) is 38.7 Å². The molecule has 1 saturated heterocycles. The highest BCUT2D eigenvalue weighted by molar-refractivity contribution is 7.91. The number of hydrogen-bond donors (Lipinski definition) is 2. The van der Waals surface area contributed by atoms with E-state index in [9.17, 15) is 13.2 Å². The molecule has 1 aliphatic heterocycles. The van der Waals surface area contributed by atoms with Gasteiger partial charge in [-0.1, -0.05) is 0 Å². The maximum Gasteiger partial charge on any atom is 0.346 e. The zero-order valence-electron chi connectivity index (χ0n) is 11.3. The van der Waals surface area contributed by atoms with Crippen molar-refractivity contribution in [3.8, 4) is 0 Å². The van der Waals surface area contributed by atoms with Crippen LogP contribution >= 0.6 is 11.3 Å². The Morgan fingerprint density at radius 2 is 2.30 bits per heavy atom. The van der Waals surface area contributed by atoms with Crippen molar-refractivity contribution in [2.45, 2.75) is 30.6 Å². The summed E-state index contributed by atoms with van der Waals surface area (Å²) < 4.78 is 32.3. The Balaban J connectivity index is 2.10. The van der Waals surface area contributed by atoms with E-state index < -0.39 is 16.0 Å². The third-order valence-corrected chi connectivity index (χ3v) is 6.55. The molecule has 8 heteroatoms. The summed E-state index contributed by atoms with van der Waals surface area (Å²) in [6.07, 6.45) is 0.866. The molecule has 2 unspecified atom stereocenters. The molecule has 2 N–H and O–H groups in total. The zero-order valence-corrected chi connectivity index (χ0v) is 12.9. The first-order valence-electron chi connectivity index (χ1n) is 6.26. The molecule has 112 valence electrons. The molecule has 2 rings (SSSR count). The van der Waals surface area contributed by atoms with Crippen LogP contribution in [0.4, 0.5) is 0 Å². The lowest BCUT2D eigenvalue weighted by Crippen LogP contribution is -2.31. The van der Waals surface area contributed by atoms with Crippen molar-refractivity contribution in [1.29, 1.82) is 0 Å². The molecular weight excluding hydrogens is 302 g/mol. The van der Waals surface area contributed by atoms with Gasteiger partial charge in [0.05, 0.1) is 6.10 Å². The average molecular weight is 319 g/mol. The van der Waals surface area contributed by atoms with Gasteiger partial charge in [0.25, 0.3) is 0 Å². The van der Waals surface area contributed by atoms with Gasteiger partial charge in [0.2, 0.25) is 10.0 Å². The van der Waals surface area contributed by atoms with Crippen LogP contribution in [0.2, 0.25) is 0 Å². The number of nitrogens with one attached hydrogen (secondary N) is 1. The number of ether oxygens (including phenoxy) is 1. The number of carbonyl (C=O) groups is 1. The molecule has 0 saturated carbocycles. The van der Waals surface area contributed by atoms with E-state index in [0.29, 0.717) is 18.7 Å². The van der Waals surface area contributed by atoms with Gasteiger partial charge in [0, 0.05) is 19.1 Å². The Hall–Kier alpha value is -0.960. The summed E-state index contributed by atoms with van der Waals surface area (Å²) in [5.74, 6) is -0.948. The highest BCUT2D eigenvalue weighted by Crippen LogP contribution is 2.26. The second-order valence-corrected chi connectivity index (χ2v) is 7.91. The molecule has 0 amide bonds. The van der Waals surface area contributed by atoms with Crippen molar-refractivity contribution in [3.05, 3.63) is 16.5 Å². The first kappa shape index (κ1) is 15.4. The molecule has 1 aromatic rings. The minimum Gasteiger partial charge on any atom is -0.477 e. The molecule has 0 bridgehead atoms. The van der Waals surface area contributed by atoms with Crippen molar-refractivity contribution in [2.75, 3.05) is 13.2 Å². The minimum atomic E-state index is -3.66. The summed E-state index contributed by atoms with van der Waals surface area (Å²) in [5.41, 5.74) is 0.459. The topological polar surface area (TPSA) is 92.7 Å². The molecule has 0 aromatic carbocycles. The second-order valence-electron chi connectivity index (χ2n) is 4.86.